The van der Waals surface area contributed by atoms with E-state index in [1.165, 1.54) is 18.2 Å². The van der Waals surface area contributed by atoms with Crippen molar-refractivity contribution >= 4 is 0 Å². The molecule has 3 aliphatic rings. The second kappa shape index (κ2) is 11.4. The van der Waals surface area contributed by atoms with E-state index in [4.69, 9.17) is 37.9 Å². The summed E-state index contributed by atoms with van der Waals surface area (Å²) < 4.78 is 91.0. The first-order valence-corrected chi connectivity index (χ1v) is 13.0. The lowest BCUT2D eigenvalue weighted by Crippen LogP contribution is -2.45. The Labute approximate surface area is 238 Å². The largest absolute Gasteiger partial charge is 0.485 e. The molecule has 42 heavy (non-hydrogen) atoms. The smallest absolute Gasteiger partial charge is 0.262 e. The molecule has 0 spiro atoms. The van der Waals surface area contributed by atoms with Gasteiger partial charge in [0.05, 0.1) is 18.2 Å². The monoisotopic (exact) mass is 586 g/mol. The molecule has 6 rings (SSSR count). The number of fused-ring (bicyclic) bond motifs is 1. The third-order valence-corrected chi connectivity index (χ3v) is 6.83. The zero-order valence-corrected chi connectivity index (χ0v) is 22.4. The quantitative estimate of drug-likeness (QED) is 0.343. The third kappa shape index (κ3) is 5.59. The van der Waals surface area contributed by atoms with Gasteiger partial charge in [0.25, 0.3) is 11.8 Å². The van der Waals surface area contributed by atoms with Crippen LogP contribution < -0.4 is 14.2 Å². The number of nitriles is 1. The number of rotatable bonds is 8. The minimum atomic E-state index is -1.68. The minimum Gasteiger partial charge on any atom is -0.485 e. The van der Waals surface area contributed by atoms with E-state index in [1.54, 1.807) is 13.8 Å². The average molecular weight is 587 g/mol. The van der Waals surface area contributed by atoms with Crippen molar-refractivity contribution in [2.75, 3.05) is 13.4 Å². The summed E-state index contributed by atoms with van der Waals surface area (Å²) in [5.41, 5.74) is 0.971. The van der Waals surface area contributed by atoms with Crippen LogP contribution in [0, 0.1) is 28.9 Å². The number of hydrogen-bond acceptors (Lipinski definition) is 10. The van der Waals surface area contributed by atoms with E-state index in [1.807, 2.05) is 36.4 Å². The maximum atomic E-state index is 15.8. The summed E-state index contributed by atoms with van der Waals surface area (Å²) >= 11 is 0. The molecule has 0 aliphatic carbocycles. The van der Waals surface area contributed by atoms with E-state index in [2.05, 4.69) is 4.98 Å². The van der Waals surface area contributed by atoms with Crippen LogP contribution in [-0.4, -0.2) is 54.9 Å². The molecule has 3 aromatic rings. The summed E-state index contributed by atoms with van der Waals surface area (Å²) in [6, 6.07) is 15.3. The Morgan fingerprint density at radius 2 is 1.83 bits per heavy atom. The predicted octanol–water partition coefficient (Wildman–Crippen LogP) is 4.74. The number of aromatic nitrogens is 1. The van der Waals surface area contributed by atoms with Gasteiger partial charge in [0.1, 0.15) is 18.8 Å². The molecule has 4 heterocycles. The molecule has 5 atom stereocenters. The first kappa shape index (κ1) is 28.2. The SMILES string of the molecule is CC1(C)OCC(C2OC3OCOC3C2Oc2c(F)c(F)nc(Oc3cc(C#N)ccc3OCc3ccccc3)c2F)O1. The van der Waals surface area contributed by atoms with Crippen molar-refractivity contribution in [2.24, 2.45) is 0 Å². The highest BCUT2D eigenvalue weighted by Gasteiger charge is 2.56. The summed E-state index contributed by atoms with van der Waals surface area (Å²) in [5.74, 6) is -7.82. The van der Waals surface area contributed by atoms with Crippen LogP contribution in [0.2, 0.25) is 0 Å². The molecule has 13 heteroatoms. The standard InChI is InChI=1S/C29H25F3N2O8/c1-29(2)38-13-19(42-29)22-24(25-28(41-22)37-14-36-25)40-23-20(30)26(32)34-27(21(23)31)39-18-10-16(11-33)8-9-17(18)35-12-15-6-4-3-5-7-15/h3-10,19,22,24-25,28H,12-14H2,1-2H3. The van der Waals surface area contributed by atoms with Gasteiger partial charge in [-0.1, -0.05) is 30.3 Å². The second-order valence-corrected chi connectivity index (χ2v) is 10.1. The fraction of sp³-hybridized carbons (Fsp3) is 0.379. The molecule has 2 aromatic carbocycles. The number of hydrogen-bond donors (Lipinski definition) is 0. The molecular formula is C29H25F3N2O8. The molecule has 5 unspecified atom stereocenters. The maximum absolute atomic E-state index is 15.8. The van der Waals surface area contributed by atoms with Crippen LogP contribution in [0.1, 0.15) is 25.0 Å². The zero-order chi connectivity index (χ0) is 29.4. The first-order chi connectivity index (χ1) is 20.2. The van der Waals surface area contributed by atoms with Crippen molar-refractivity contribution in [3.8, 4) is 29.2 Å². The van der Waals surface area contributed by atoms with Crippen molar-refractivity contribution < 1.29 is 51.1 Å². The molecule has 10 nitrogen and oxygen atoms in total. The zero-order valence-electron chi connectivity index (χ0n) is 22.4. The van der Waals surface area contributed by atoms with Crippen LogP contribution in [0.5, 0.6) is 23.1 Å². The van der Waals surface area contributed by atoms with Crippen LogP contribution in [0.25, 0.3) is 0 Å². The molecule has 3 aliphatic heterocycles. The fourth-order valence-corrected chi connectivity index (χ4v) is 4.85. The summed E-state index contributed by atoms with van der Waals surface area (Å²) in [7, 11) is 0. The number of pyridine rings is 1. The fourth-order valence-electron chi connectivity index (χ4n) is 4.85. The lowest BCUT2D eigenvalue weighted by Gasteiger charge is -2.27. The van der Waals surface area contributed by atoms with E-state index in [-0.39, 0.29) is 37.1 Å². The molecule has 0 bridgehead atoms. The lowest BCUT2D eigenvalue weighted by atomic mass is 10.1. The van der Waals surface area contributed by atoms with Gasteiger partial charge in [-0.25, -0.2) is 0 Å². The van der Waals surface area contributed by atoms with Crippen LogP contribution in [0.3, 0.4) is 0 Å². The Kier molecular flexibility index (Phi) is 7.65. The predicted molar refractivity (Wildman–Crippen MR) is 135 cm³/mol. The Bertz CT molecular complexity index is 1500. The molecule has 3 fully saturated rings. The molecular weight excluding hydrogens is 561 g/mol. The average Bonchev–Trinajstić information content (AvgIpc) is 3.68. The van der Waals surface area contributed by atoms with Crippen LogP contribution in [0.4, 0.5) is 13.2 Å². The van der Waals surface area contributed by atoms with Gasteiger partial charge >= 0.3 is 0 Å². The third-order valence-electron chi connectivity index (χ3n) is 6.83. The Morgan fingerprint density at radius 1 is 1.02 bits per heavy atom. The normalized spacial score (nSPS) is 26.0. The molecule has 0 saturated carbocycles. The highest BCUT2D eigenvalue weighted by atomic mass is 19.2. The van der Waals surface area contributed by atoms with E-state index >= 15 is 8.78 Å². The van der Waals surface area contributed by atoms with Crippen LogP contribution in [0.15, 0.2) is 48.5 Å². The van der Waals surface area contributed by atoms with Gasteiger partial charge < -0.3 is 37.9 Å². The summed E-state index contributed by atoms with van der Waals surface area (Å²) in [5, 5.41) is 9.37. The molecule has 0 amide bonds. The van der Waals surface area contributed by atoms with Crippen molar-refractivity contribution in [3.05, 3.63) is 77.2 Å². The Hall–Kier alpha value is -3.93. The number of nitrogens with zero attached hydrogens (tertiary/aromatic N) is 2. The first-order valence-electron chi connectivity index (χ1n) is 13.0. The van der Waals surface area contributed by atoms with E-state index in [0.29, 0.717) is 0 Å². The van der Waals surface area contributed by atoms with E-state index in [9.17, 15) is 9.65 Å². The molecule has 1 aromatic heterocycles. The lowest BCUT2D eigenvalue weighted by molar-refractivity contribution is -0.183. The summed E-state index contributed by atoms with van der Waals surface area (Å²) in [6.45, 7) is 3.48. The highest BCUT2D eigenvalue weighted by molar-refractivity contribution is 5.49. The molecule has 3 saturated heterocycles. The van der Waals surface area contributed by atoms with Gasteiger partial charge in [-0.15, -0.1) is 0 Å². The van der Waals surface area contributed by atoms with Gasteiger partial charge in [0, 0.05) is 6.07 Å². The maximum Gasteiger partial charge on any atom is 0.262 e. The summed E-state index contributed by atoms with van der Waals surface area (Å²) in [6.07, 6.45) is -4.61. The van der Waals surface area contributed by atoms with Gasteiger partial charge in [-0.3, -0.25) is 0 Å². The van der Waals surface area contributed by atoms with Gasteiger partial charge in [-0.2, -0.15) is 23.4 Å². The van der Waals surface area contributed by atoms with Crippen LogP contribution in [-0.2, 0) is 30.3 Å². The Balaban J connectivity index is 1.29. The van der Waals surface area contributed by atoms with Crippen LogP contribution >= 0.6 is 0 Å². The number of halogens is 3. The van der Waals surface area contributed by atoms with Crippen molar-refractivity contribution in [3.63, 3.8) is 0 Å². The second-order valence-electron chi connectivity index (χ2n) is 10.1. The summed E-state index contributed by atoms with van der Waals surface area (Å²) in [4.78, 5) is 3.31. The van der Waals surface area contributed by atoms with Gasteiger partial charge in [-0.05, 0) is 31.5 Å². The van der Waals surface area contributed by atoms with Gasteiger partial charge in [0.2, 0.25) is 17.4 Å². The van der Waals surface area contributed by atoms with Crippen molar-refractivity contribution in [1.82, 2.24) is 4.98 Å². The van der Waals surface area contributed by atoms with Crippen molar-refractivity contribution in [1.29, 1.82) is 5.26 Å². The molecule has 0 radical (unpaired) electrons. The van der Waals surface area contributed by atoms with Crippen molar-refractivity contribution in [2.45, 2.75) is 56.9 Å². The van der Waals surface area contributed by atoms with E-state index in [0.717, 1.165) is 5.56 Å². The van der Waals surface area contributed by atoms with Gasteiger partial charge in [0.15, 0.2) is 42.6 Å². The molecule has 0 N–H and O–H groups in total. The molecule has 220 valence electrons. The minimum absolute atomic E-state index is 0.0992. The number of ether oxygens (including phenoxy) is 8. The van der Waals surface area contributed by atoms with E-state index < -0.39 is 65.7 Å². The Morgan fingerprint density at radius 3 is 2.57 bits per heavy atom. The number of benzene rings is 2. The highest BCUT2D eigenvalue weighted by Crippen LogP contribution is 2.41. The topological polar surface area (TPSA) is 111 Å².